The van der Waals surface area contributed by atoms with E-state index in [-0.39, 0.29) is 5.56 Å². The van der Waals surface area contributed by atoms with Crippen LogP contribution in [0.1, 0.15) is 22.3 Å². The number of hydrogen-bond donors (Lipinski definition) is 0. The van der Waals surface area contributed by atoms with E-state index in [0.29, 0.717) is 24.8 Å². The molecular formula is C10H9FN4O. The van der Waals surface area contributed by atoms with Crippen molar-refractivity contribution in [3.05, 3.63) is 45.9 Å². The van der Waals surface area contributed by atoms with Crippen molar-refractivity contribution >= 4 is 12.4 Å². The molecule has 0 atom stereocenters. The molecule has 0 N–H and O–H groups in total. The predicted molar refractivity (Wildman–Crippen MR) is 57.2 cm³/mol. The van der Waals surface area contributed by atoms with Gasteiger partial charge in [-0.1, -0.05) is 17.3 Å². The Hall–Kier alpha value is -2.20. The molecule has 0 radical (unpaired) electrons. The Morgan fingerprint density at radius 3 is 3.12 bits per heavy atom. The van der Waals surface area contributed by atoms with Crippen molar-refractivity contribution in [2.75, 3.05) is 6.54 Å². The number of nitrogens with zero attached hydrogens (tertiary/aromatic N) is 4. The largest absolute Gasteiger partial charge is 0.298 e. The zero-order valence-electron chi connectivity index (χ0n) is 8.38. The van der Waals surface area contributed by atoms with E-state index in [1.807, 2.05) is 0 Å². The van der Waals surface area contributed by atoms with Gasteiger partial charge in [0.15, 0.2) is 6.29 Å². The van der Waals surface area contributed by atoms with Gasteiger partial charge in [0.05, 0.1) is 5.56 Å². The van der Waals surface area contributed by atoms with Gasteiger partial charge in [-0.05, 0) is 23.6 Å². The molecule has 5 nitrogen and oxygen atoms in total. The van der Waals surface area contributed by atoms with Gasteiger partial charge in [-0.25, -0.2) is 4.98 Å². The second-order valence-electron chi connectivity index (χ2n) is 2.91. The minimum atomic E-state index is -0.777. The Balaban J connectivity index is 2.66. The van der Waals surface area contributed by atoms with Crippen molar-refractivity contribution in [1.82, 2.24) is 4.98 Å². The summed E-state index contributed by atoms with van der Waals surface area (Å²) in [5.41, 5.74) is 8.58. The zero-order valence-corrected chi connectivity index (χ0v) is 8.38. The van der Waals surface area contributed by atoms with Crippen LogP contribution in [0.25, 0.3) is 16.5 Å². The minimum Gasteiger partial charge on any atom is -0.298 e. The van der Waals surface area contributed by atoms with E-state index in [0.717, 1.165) is 0 Å². The van der Waals surface area contributed by atoms with Crippen LogP contribution in [-0.2, 0) is 0 Å². The van der Waals surface area contributed by atoms with Crippen LogP contribution in [0.3, 0.4) is 0 Å². The third kappa shape index (κ3) is 3.51. The van der Waals surface area contributed by atoms with Gasteiger partial charge < -0.3 is 0 Å². The smallest absolute Gasteiger partial charge is 0.223 e. The van der Waals surface area contributed by atoms with Crippen LogP contribution in [0.4, 0.5) is 4.39 Å². The van der Waals surface area contributed by atoms with Crippen LogP contribution < -0.4 is 0 Å². The Bertz CT molecular complexity index is 452. The van der Waals surface area contributed by atoms with Crippen molar-refractivity contribution < 1.29 is 9.18 Å². The van der Waals surface area contributed by atoms with E-state index in [1.165, 1.54) is 12.3 Å². The molecule has 82 valence electrons. The summed E-state index contributed by atoms with van der Waals surface area (Å²) in [4.78, 5) is 16.5. The lowest BCUT2D eigenvalue weighted by molar-refractivity contribution is 0.111. The summed E-state index contributed by atoms with van der Waals surface area (Å²) in [6, 6.07) is 1.40. The number of halogens is 1. The summed E-state index contributed by atoms with van der Waals surface area (Å²) >= 11 is 0. The third-order valence-electron chi connectivity index (χ3n) is 1.78. The first-order valence-corrected chi connectivity index (χ1v) is 4.56. The zero-order chi connectivity index (χ0) is 11.8. The van der Waals surface area contributed by atoms with Crippen LogP contribution in [0, 0.1) is 5.95 Å². The molecule has 0 aliphatic carbocycles. The highest BCUT2D eigenvalue weighted by Crippen LogP contribution is 2.07. The number of carbonyl (C=O) groups is 1. The van der Waals surface area contributed by atoms with Gasteiger partial charge in [-0.15, -0.1) is 0 Å². The monoisotopic (exact) mass is 220 g/mol. The summed E-state index contributed by atoms with van der Waals surface area (Å²) in [7, 11) is 0. The van der Waals surface area contributed by atoms with Crippen molar-refractivity contribution in [3.8, 4) is 0 Å². The van der Waals surface area contributed by atoms with Crippen molar-refractivity contribution in [3.63, 3.8) is 0 Å². The quantitative estimate of drug-likeness (QED) is 0.191. The second-order valence-corrected chi connectivity index (χ2v) is 2.91. The minimum absolute atomic E-state index is 0.0720. The molecule has 1 rings (SSSR count). The molecule has 0 spiro atoms. The number of pyridine rings is 1. The molecule has 0 saturated carbocycles. The summed E-state index contributed by atoms with van der Waals surface area (Å²) < 4.78 is 12.8. The maximum absolute atomic E-state index is 12.8. The van der Waals surface area contributed by atoms with E-state index in [1.54, 1.807) is 12.2 Å². The first-order chi connectivity index (χ1) is 7.77. The number of rotatable bonds is 5. The molecule has 0 unspecified atom stereocenters. The van der Waals surface area contributed by atoms with Gasteiger partial charge in [0, 0.05) is 17.7 Å². The molecule has 16 heavy (non-hydrogen) atoms. The Morgan fingerprint density at radius 1 is 1.62 bits per heavy atom. The molecule has 6 heteroatoms. The third-order valence-corrected chi connectivity index (χ3v) is 1.78. The normalized spacial score (nSPS) is 10.1. The molecule has 0 aromatic carbocycles. The molecular weight excluding hydrogens is 211 g/mol. The lowest BCUT2D eigenvalue weighted by Gasteiger charge is -1.95. The summed E-state index contributed by atoms with van der Waals surface area (Å²) in [6.45, 7) is 0.363. The number of carbonyl (C=O) groups excluding carboxylic acids is 1. The van der Waals surface area contributed by atoms with E-state index in [4.69, 9.17) is 5.53 Å². The van der Waals surface area contributed by atoms with E-state index in [9.17, 15) is 9.18 Å². The van der Waals surface area contributed by atoms with E-state index < -0.39 is 5.95 Å². The average molecular weight is 220 g/mol. The highest BCUT2D eigenvalue weighted by Gasteiger charge is 2.01. The fraction of sp³-hybridized carbons (Fsp3) is 0.200. The van der Waals surface area contributed by atoms with Crippen LogP contribution in [0.15, 0.2) is 23.5 Å². The number of hydrogen-bond acceptors (Lipinski definition) is 3. The molecule has 0 aliphatic rings. The van der Waals surface area contributed by atoms with E-state index in [2.05, 4.69) is 15.0 Å². The Morgan fingerprint density at radius 2 is 2.44 bits per heavy atom. The van der Waals surface area contributed by atoms with Crippen molar-refractivity contribution in [2.45, 2.75) is 6.42 Å². The number of azide groups is 1. The molecule has 1 aromatic heterocycles. The average Bonchev–Trinajstić information content (AvgIpc) is 2.31. The highest BCUT2D eigenvalue weighted by molar-refractivity contribution is 5.75. The summed E-state index contributed by atoms with van der Waals surface area (Å²) in [5, 5.41) is 3.35. The molecule has 0 fully saturated rings. The Kier molecular flexibility index (Phi) is 4.69. The van der Waals surface area contributed by atoms with E-state index >= 15 is 0 Å². The predicted octanol–water partition coefficient (Wildman–Crippen LogP) is 2.75. The van der Waals surface area contributed by atoms with Crippen LogP contribution in [-0.4, -0.2) is 17.8 Å². The lowest BCUT2D eigenvalue weighted by atomic mass is 10.2. The van der Waals surface area contributed by atoms with Gasteiger partial charge in [0.25, 0.3) is 0 Å². The Labute approximate surface area is 91.2 Å². The molecule has 1 aromatic rings. The highest BCUT2D eigenvalue weighted by atomic mass is 19.1. The van der Waals surface area contributed by atoms with Crippen molar-refractivity contribution in [2.24, 2.45) is 5.11 Å². The van der Waals surface area contributed by atoms with Crippen LogP contribution >= 0.6 is 0 Å². The first kappa shape index (κ1) is 11.9. The molecule has 0 bridgehead atoms. The molecule has 0 saturated heterocycles. The molecule has 1 heterocycles. The van der Waals surface area contributed by atoms with Gasteiger partial charge in [0.1, 0.15) is 0 Å². The number of aromatic nitrogens is 1. The maximum atomic E-state index is 12.8. The maximum Gasteiger partial charge on any atom is 0.223 e. The topological polar surface area (TPSA) is 78.7 Å². The SMILES string of the molecule is [N-]=[N+]=NCCC=Cc1cnc(F)c(C=O)c1. The lowest BCUT2D eigenvalue weighted by Crippen LogP contribution is -1.92. The van der Waals surface area contributed by atoms with Gasteiger partial charge in [-0.3, -0.25) is 4.79 Å². The molecule has 0 aliphatic heterocycles. The summed E-state index contributed by atoms with van der Waals surface area (Å²) in [6.07, 6.45) is 5.77. The number of aldehydes is 1. The molecule has 0 amide bonds. The second kappa shape index (κ2) is 6.31. The summed E-state index contributed by atoms with van der Waals surface area (Å²) in [5.74, 6) is -0.777. The van der Waals surface area contributed by atoms with Gasteiger partial charge >= 0.3 is 0 Å². The first-order valence-electron chi connectivity index (χ1n) is 4.56. The van der Waals surface area contributed by atoms with Crippen LogP contribution in [0.5, 0.6) is 0 Å². The fourth-order valence-corrected chi connectivity index (χ4v) is 1.05. The van der Waals surface area contributed by atoms with Gasteiger partial charge in [0.2, 0.25) is 5.95 Å². The standard InChI is InChI=1S/C10H9FN4O/c11-10-9(7-16)5-8(6-13-10)3-1-2-4-14-15-12/h1,3,5-7H,2,4H2. The fourth-order valence-electron chi connectivity index (χ4n) is 1.05. The van der Waals surface area contributed by atoms with Gasteiger partial charge in [-0.2, -0.15) is 4.39 Å². The van der Waals surface area contributed by atoms with Crippen molar-refractivity contribution in [1.29, 1.82) is 0 Å². The van der Waals surface area contributed by atoms with Crippen LogP contribution in [0.2, 0.25) is 0 Å².